The van der Waals surface area contributed by atoms with Gasteiger partial charge in [0.15, 0.2) is 0 Å². The second-order valence-corrected chi connectivity index (χ2v) is 10.2. The first kappa shape index (κ1) is 33.0. The highest BCUT2D eigenvalue weighted by Gasteiger charge is 2.25. The number of hydrogen-bond donors (Lipinski definition) is 1. The van der Waals surface area contributed by atoms with Gasteiger partial charge in [-0.05, 0) is 36.6 Å². The number of aliphatic imine (C=N–C) groups is 1. The third-order valence-electron chi connectivity index (χ3n) is 6.42. The fraction of sp³-hybridized carbons (Fsp3) is 0.500. The zero-order valence-corrected chi connectivity index (χ0v) is 24.6. The van der Waals surface area contributed by atoms with Crippen molar-refractivity contribution >= 4 is 35.3 Å². The number of esters is 1. The Morgan fingerprint density at radius 3 is 2.08 bits per heavy atom. The first-order valence-corrected chi connectivity index (χ1v) is 14.8. The van der Waals surface area contributed by atoms with Crippen LogP contribution in [-0.2, 0) is 25.7 Å². The molecule has 8 heteroatoms. The standard InChI is InChI=1S/C32H43ClN2O5/c1-3-5-6-7-8-9-10-11-15-18-30(36)34-29(31(37)39-4-2)23-28(26-19-21-27(33)22-20-26)35-32(38)40-24-25-16-13-12-14-17-25/h12-14,16-17,19-22,29H,3-11,15,18,23-24H2,1-2H3,(H,34,36)/b35-28-/t29-/m1/s1. The molecule has 2 aromatic rings. The van der Waals surface area contributed by atoms with E-state index in [4.69, 9.17) is 21.1 Å². The van der Waals surface area contributed by atoms with Crippen LogP contribution in [0.3, 0.4) is 0 Å². The Kier molecular flexibility index (Phi) is 16.3. The summed E-state index contributed by atoms with van der Waals surface area (Å²) in [6.45, 7) is 4.14. The molecule has 7 nitrogen and oxygen atoms in total. The van der Waals surface area contributed by atoms with Gasteiger partial charge in [0.05, 0.1) is 12.3 Å². The fourth-order valence-corrected chi connectivity index (χ4v) is 4.35. The van der Waals surface area contributed by atoms with Crippen molar-refractivity contribution < 1.29 is 23.9 Å². The van der Waals surface area contributed by atoms with Crippen molar-refractivity contribution in [1.82, 2.24) is 5.32 Å². The quantitative estimate of drug-likeness (QED) is 0.112. The molecule has 0 aliphatic heterocycles. The molecule has 0 fully saturated rings. The summed E-state index contributed by atoms with van der Waals surface area (Å²) in [5, 5.41) is 3.32. The number of nitrogens with one attached hydrogen (secondary N) is 1. The van der Waals surface area contributed by atoms with Gasteiger partial charge in [-0.3, -0.25) is 4.79 Å². The zero-order valence-electron chi connectivity index (χ0n) is 23.8. The van der Waals surface area contributed by atoms with E-state index in [9.17, 15) is 14.4 Å². The Morgan fingerprint density at radius 2 is 1.45 bits per heavy atom. The lowest BCUT2D eigenvalue weighted by Gasteiger charge is -2.18. The minimum Gasteiger partial charge on any atom is -0.464 e. The van der Waals surface area contributed by atoms with E-state index < -0.39 is 18.1 Å². The molecule has 0 bridgehead atoms. The molecule has 0 heterocycles. The third kappa shape index (κ3) is 13.7. The van der Waals surface area contributed by atoms with Gasteiger partial charge in [-0.2, -0.15) is 4.99 Å². The lowest BCUT2D eigenvalue weighted by Crippen LogP contribution is -2.43. The SMILES string of the molecule is CCCCCCCCCCCC(=O)N[C@H](C/C(=N/C(=O)OCc1ccccc1)c1ccc(Cl)cc1)C(=O)OCC. The molecular weight excluding hydrogens is 528 g/mol. The van der Waals surface area contributed by atoms with Gasteiger partial charge in [0.1, 0.15) is 12.6 Å². The number of hydrogen-bond acceptors (Lipinski definition) is 5. The predicted octanol–water partition coefficient (Wildman–Crippen LogP) is 7.82. The molecule has 40 heavy (non-hydrogen) atoms. The maximum Gasteiger partial charge on any atom is 0.434 e. The van der Waals surface area contributed by atoms with E-state index in [1.54, 1.807) is 31.2 Å². The van der Waals surface area contributed by atoms with E-state index in [-0.39, 0.29) is 31.3 Å². The maximum atomic E-state index is 12.8. The van der Waals surface area contributed by atoms with E-state index in [2.05, 4.69) is 17.2 Å². The van der Waals surface area contributed by atoms with Crippen molar-refractivity contribution in [2.75, 3.05) is 6.61 Å². The third-order valence-corrected chi connectivity index (χ3v) is 6.67. The van der Waals surface area contributed by atoms with Crippen molar-refractivity contribution in [3.05, 3.63) is 70.7 Å². The van der Waals surface area contributed by atoms with E-state index in [0.29, 0.717) is 17.0 Å². The predicted molar refractivity (Wildman–Crippen MR) is 160 cm³/mol. The van der Waals surface area contributed by atoms with Gasteiger partial charge < -0.3 is 14.8 Å². The molecule has 2 amide bonds. The van der Waals surface area contributed by atoms with Gasteiger partial charge in [0, 0.05) is 17.9 Å². The van der Waals surface area contributed by atoms with Gasteiger partial charge in [-0.1, -0.05) is 112 Å². The van der Waals surface area contributed by atoms with Crippen molar-refractivity contribution in [3.63, 3.8) is 0 Å². The topological polar surface area (TPSA) is 94.1 Å². The number of benzene rings is 2. The van der Waals surface area contributed by atoms with Gasteiger partial charge in [0.2, 0.25) is 5.91 Å². The molecule has 1 N–H and O–H groups in total. The Bertz CT molecular complexity index is 1060. The number of halogens is 1. The average Bonchev–Trinajstić information content (AvgIpc) is 2.95. The lowest BCUT2D eigenvalue weighted by molar-refractivity contribution is -0.147. The summed E-state index contributed by atoms with van der Waals surface area (Å²) in [4.78, 5) is 42.3. The Hall–Kier alpha value is -3.19. The highest BCUT2D eigenvalue weighted by Crippen LogP contribution is 2.15. The number of rotatable bonds is 18. The van der Waals surface area contributed by atoms with Crippen molar-refractivity contribution in [1.29, 1.82) is 0 Å². The summed E-state index contributed by atoms with van der Waals surface area (Å²) in [6.07, 6.45) is 9.81. The van der Waals surface area contributed by atoms with Crippen molar-refractivity contribution in [2.45, 2.75) is 97.1 Å². The van der Waals surface area contributed by atoms with Gasteiger partial charge >= 0.3 is 12.1 Å². The molecular formula is C32H43ClN2O5. The number of carbonyl (C=O) groups excluding carboxylic acids is 3. The molecule has 0 aliphatic carbocycles. The number of unbranched alkanes of at least 4 members (excludes halogenated alkanes) is 8. The number of carbonyl (C=O) groups is 3. The summed E-state index contributed by atoms with van der Waals surface area (Å²) in [5.41, 5.74) is 1.70. The van der Waals surface area contributed by atoms with Crippen LogP contribution in [0.2, 0.25) is 5.02 Å². The molecule has 0 saturated heterocycles. The first-order valence-electron chi connectivity index (χ1n) is 14.4. The summed E-state index contributed by atoms with van der Waals surface area (Å²) in [5.74, 6) is -0.814. The van der Waals surface area contributed by atoms with Gasteiger partial charge in [-0.15, -0.1) is 0 Å². The van der Waals surface area contributed by atoms with Crippen LogP contribution in [0.1, 0.15) is 95.6 Å². The van der Waals surface area contributed by atoms with Crippen LogP contribution in [0.4, 0.5) is 4.79 Å². The second-order valence-electron chi connectivity index (χ2n) is 9.76. The summed E-state index contributed by atoms with van der Waals surface area (Å²) < 4.78 is 10.6. The van der Waals surface area contributed by atoms with Crippen LogP contribution < -0.4 is 5.32 Å². The molecule has 0 spiro atoms. The number of ether oxygens (including phenoxy) is 2. The van der Waals surface area contributed by atoms with E-state index in [1.165, 1.54) is 38.5 Å². The summed E-state index contributed by atoms with van der Waals surface area (Å²) in [7, 11) is 0. The minimum atomic E-state index is -0.998. The fourth-order valence-electron chi connectivity index (χ4n) is 4.22. The normalized spacial score (nSPS) is 12.0. The Balaban J connectivity index is 2.02. The van der Waals surface area contributed by atoms with Crippen LogP contribution in [0, 0.1) is 0 Å². The molecule has 1 atom stereocenters. The van der Waals surface area contributed by atoms with Gasteiger partial charge in [-0.25, -0.2) is 9.59 Å². The highest BCUT2D eigenvalue weighted by molar-refractivity contribution is 6.30. The zero-order chi connectivity index (χ0) is 29.0. The van der Waals surface area contributed by atoms with E-state index in [1.807, 2.05) is 30.3 Å². The highest BCUT2D eigenvalue weighted by atomic mass is 35.5. The van der Waals surface area contributed by atoms with Gasteiger partial charge in [0.25, 0.3) is 0 Å². The molecule has 2 rings (SSSR count). The summed E-state index contributed by atoms with van der Waals surface area (Å²) >= 11 is 6.05. The number of nitrogens with zero attached hydrogens (tertiary/aromatic N) is 1. The van der Waals surface area contributed by atoms with Crippen LogP contribution >= 0.6 is 11.6 Å². The van der Waals surface area contributed by atoms with Crippen LogP contribution in [-0.4, -0.2) is 36.3 Å². The van der Waals surface area contributed by atoms with Crippen LogP contribution in [0.5, 0.6) is 0 Å². The minimum absolute atomic E-state index is 0.0373. The Morgan fingerprint density at radius 1 is 0.825 bits per heavy atom. The molecule has 0 aliphatic rings. The largest absolute Gasteiger partial charge is 0.464 e. The van der Waals surface area contributed by atoms with Crippen LogP contribution in [0.25, 0.3) is 0 Å². The average molecular weight is 571 g/mol. The number of amides is 2. The molecule has 218 valence electrons. The maximum absolute atomic E-state index is 12.8. The molecule has 0 radical (unpaired) electrons. The van der Waals surface area contributed by atoms with E-state index >= 15 is 0 Å². The molecule has 0 unspecified atom stereocenters. The van der Waals surface area contributed by atoms with Crippen LogP contribution in [0.15, 0.2) is 59.6 Å². The Labute approximate surface area is 243 Å². The molecule has 0 aromatic heterocycles. The smallest absolute Gasteiger partial charge is 0.434 e. The van der Waals surface area contributed by atoms with Crippen molar-refractivity contribution in [3.8, 4) is 0 Å². The molecule has 2 aromatic carbocycles. The first-order chi connectivity index (χ1) is 19.4. The van der Waals surface area contributed by atoms with Crippen molar-refractivity contribution in [2.24, 2.45) is 4.99 Å². The lowest BCUT2D eigenvalue weighted by atomic mass is 10.0. The van der Waals surface area contributed by atoms with E-state index in [0.717, 1.165) is 24.8 Å². The second kappa shape index (κ2) is 19.8. The molecule has 0 saturated carbocycles. The monoisotopic (exact) mass is 570 g/mol. The summed E-state index contributed by atoms with van der Waals surface area (Å²) in [6, 6.07) is 15.0.